The van der Waals surface area contributed by atoms with Crippen molar-refractivity contribution in [2.45, 2.75) is 188 Å². The molecule has 0 heterocycles. The second kappa shape index (κ2) is 30.9. The normalized spacial score (nSPS) is 11.7. The Morgan fingerprint density at radius 3 is 0.629 bits per heavy atom. The van der Waals surface area contributed by atoms with Crippen molar-refractivity contribution >= 4 is 0 Å². The molecule has 0 aromatic rings. The summed E-state index contributed by atoms with van der Waals surface area (Å²) in [5.74, 6) is 0. The van der Waals surface area contributed by atoms with Crippen LogP contribution in [0.15, 0.2) is 0 Å². The molecule has 0 atom stereocenters. The van der Waals surface area contributed by atoms with Crippen molar-refractivity contribution in [3.05, 3.63) is 0 Å². The Morgan fingerprint density at radius 2 is 0.429 bits per heavy atom. The lowest BCUT2D eigenvalue weighted by Crippen LogP contribution is -3.00. The first kappa shape index (κ1) is 37.8. The molecule has 0 spiro atoms. The van der Waals surface area contributed by atoms with Gasteiger partial charge in [0.05, 0.1) is 26.2 Å². The van der Waals surface area contributed by atoms with Crippen molar-refractivity contribution in [1.82, 2.24) is 0 Å². The molecule has 0 fully saturated rings. The minimum absolute atomic E-state index is 0. The smallest absolute Gasteiger partial charge is 0.0786 e. The maximum Gasteiger partial charge on any atom is 0.0786 e. The zero-order valence-corrected chi connectivity index (χ0v) is 27.5. The Bertz CT molecular complexity index is 329. The van der Waals surface area contributed by atoms with Gasteiger partial charge in [0, 0.05) is 0 Å². The Labute approximate surface area is 242 Å². The predicted molar refractivity (Wildman–Crippen MR) is 158 cm³/mol. The van der Waals surface area contributed by atoms with E-state index in [1.807, 2.05) is 0 Å². The second-order valence-electron chi connectivity index (χ2n) is 11.7. The van der Waals surface area contributed by atoms with E-state index in [-0.39, 0.29) is 24.0 Å². The van der Waals surface area contributed by atoms with Crippen LogP contribution in [-0.2, 0) is 0 Å². The van der Waals surface area contributed by atoms with E-state index in [2.05, 4.69) is 27.7 Å². The largest absolute Gasteiger partial charge is 1.00 e. The first-order valence-corrected chi connectivity index (χ1v) is 16.6. The fraction of sp³-hybridized carbons (Fsp3) is 1.00. The SMILES string of the molecule is CCCCCCCCC[N+](CCCCCCCC)(CCCCCCCC)CCCCCCCC.[I-]. The first-order valence-electron chi connectivity index (χ1n) is 16.6. The molecule has 0 aliphatic heterocycles. The molecule has 0 aliphatic rings. The number of nitrogens with zero attached hydrogens (tertiary/aromatic N) is 1. The van der Waals surface area contributed by atoms with E-state index in [1.54, 1.807) is 0 Å². The van der Waals surface area contributed by atoms with Crippen molar-refractivity contribution in [2.24, 2.45) is 0 Å². The highest BCUT2D eigenvalue weighted by Crippen LogP contribution is 2.20. The molecule has 0 amide bonds. The van der Waals surface area contributed by atoms with Gasteiger partial charge in [-0.05, 0) is 51.4 Å². The van der Waals surface area contributed by atoms with E-state index in [0.717, 1.165) is 0 Å². The minimum atomic E-state index is 0. The Hall–Kier alpha value is 0.690. The fourth-order valence-electron chi connectivity index (χ4n) is 5.76. The van der Waals surface area contributed by atoms with Gasteiger partial charge in [0.2, 0.25) is 0 Å². The molecule has 0 saturated carbocycles. The van der Waals surface area contributed by atoms with Gasteiger partial charge in [-0.1, -0.05) is 137 Å². The Morgan fingerprint density at radius 1 is 0.257 bits per heavy atom. The highest BCUT2D eigenvalue weighted by atomic mass is 127. The molecule has 0 unspecified atom stereocenters. The number of hydrogen-bond acceptors (Lipinski definition) is 0. The maximum absolute atomic E-state index is 2.34. The van der Waals surface area contributed by atoms with Crippen molar-refractivity contribution in [1.29, 1.82) is 0 Å². The molecular formula is C33H70IN. The van der Waals surface area contributed by atoms with Gasteiger partial charge in [-0.15, -0.1) is 0 Å². The van der Waals surface area contributed by atoms with Gasteiger partial charge in [-0.25, -0.2) is 0 Å². The van der Waals surface area contributed by atoms with Crippen LogP contribution in [0.1, 0.15) is 188 Å². The van der Waals surface area contributed by atoms with Gasteiger partial charge in [-0.3, -0.25) is 0 Å². The summed E-state index contributed by atoms with van der Waals surface area (Å²) in [6, 6.07) is 0. The van der Waals surface area contributed by atoms with Crippen LogP contribution in [0.5, 0.6) is 0 Å². The summed E-state index contributed by atoms with van der Waals surface area (Å²) in [6.45, 7) is 15.3. The van der Waals surface area contributed by atoms with Crippen LogP contribution in [0.2, 0.25) is 0 Å². The molecule has 0 saturated heterocycles. The monoisotopic (exact) mass is 607 g/mol. The van der Waals surface area contributed by atoms with E-state index in [0.29, 0.717) is 0 Å². The van der Waals surface area contributed by atoms with Crippen molar-refractivity contribution in [2.75, 3.05) is 26.2 Å². The van der Waals surface area contributed by atoms with Crippen LogP contribution >= 0.6 is 0 Å². The van der Waals surface area contributed by atoms with Crippen LogP contribution in [-0.4, -0.2) is 30.7 Å². The lowest BCUT2D eigenvalue weighted by molar-refractivity contribution is -0.929. The quantitative estimate of drug-likeness (QED) is 0.0454. The summed E-state index contributed by atoms with van der Waals surface area (Å²) in [7, 11) is 0. The molecule has 0 bridgehead atoms. The van der Waals surface area contributed by atoms with Crippen LogP contribution in [0.3, 0.4) is 0 Å². The summed E-state index contributed by atoms with van der Waals surface area (Å²) in [5, 5.41) is 0. The molecular weight excluding hydrogens is 537 g/mol. The highest BCUT2D eigenvalue weighted by molar-refractivity contribution is 4.55. The molecule has 0 aromatic heterocycles. The van der Waals surface area contributed by atoms with E-state index < -0.39 is 0 Å². The Kier molecular flexibility index (Phi) is 33.4. The van der Waals surface area contributed by atoms with Gasteiger partial charge >= 0.3 is 0 Å². The van der Waals surface area contributed by atoms with E-state index in [9.17, 15) is 0 Å². The lowest BCUT2D eigenvalue weighted by Gasteiger charge is -2.40. The van der Waals surface area contributed by atoms with Gasteiger partial charge in [-0.2, -0.15) is 0 Å². The highest BCUT2D eigenvalue weighted by Gasteiger charge is 2.25. The molecule has 1 nitrogen and oxygen atoms in total. The van der Waals surface area contributed by atoms with E-state index >= 15 is 0 Å². The van der Waals surface area contributed by atoms with Crippen LogP contribution in [0.25, 0.3) is 0 Å². The molecule has 0 N–H and O–H groups in total. The van der Waals surface area contributed by atoms with E-state index in [4.69, 9.17) is 0 Å². The third kappa shape index (κ3) is 26.1. The van der Waals surface area contributed by atoms with E-state index in [1.165, 1.54) is 191 Å². The summed E-state index contributed by atoms with van der Waals surface area (Å²) in [6.07, 6.45) is 36.3. The van der Waals surface area contributed by atoms with Gasteiger partial charge in [0.1, 0.15) is 0 Å². The standard InChI is InChI=1S/C33H70N.HI/c1-5-9-13-17-21-25-29-33-34(30-26-22-18-14-10-6-2,31-27-23-19-15-11-7-3)32-28-24-20-16-12-8-4;/h5-33H2,1-4H3;1H/q+1;/p-1. The van der Waals surface area contributed by atoms with Gasteiger partial charge in [0.15, 0.2) is 0 Å². The lowest BCUT2D eigenvalue weighted by atomic mass is 10.0. The summed E-state index contributed by atoms with van der Waals surface area (Å²) >= 11 is 0. The van der Waals surface area contributed by atoms with Crippen molar-refractivity contribution < 1.29 is 28.5 Å². The molecule has 214 valence electrons. The molecule has 0 aromatic carbocycles. The fourth-order valence-corrected chi connectivity index (χ4v) is 5.76. The van der Waals surface area contributed by atoms with Crippen LogP contribution in [0.4, 0.5) is 0 Å². The molecule has 0 aliphatic carbocycles. The molecule has 35 heavy (non-hydrogen) atoms. The van der Waals surface area contributed by atoms with Crippen molar-refractivity contribution in [3.63, 3.8) is 0 Å². The number of unbranched alkanes of at least 4 members (excludes halogenated alkanes) is 21. The number of rotatable bonds is 29. The zero-order valence-electron chi connectivity index (χ0n) is 25.3. The minimum Gasteiger partial charge on any atom is -1.00 e. The average Bonchev–Trinajstić information content (AvgIpc) is 2.85. The summed E-state index contributed by atoms with van der Waals surface area (Å²) < 4.78 is 1.48. The van der Waals surface area contributed by atoms with Crippen LogP contribution < -0.4 is 24.0 Å². The number of quaternary nitrogens is 1. The van der Waals surface area contributed by atoms with Gasteiger partial charge in [0.25, 0.3) is 0 Å². The third-order valence-electron chi connectivity index (χ3n) is 8.19. The summed E-state index contributed by atoms with van der Waals surface area (Å²) in [5.41, 5.74) is 0. The topological polar surface area (TPSA) is 0 Å². The maximum atomic E-state index is 2.34. The van der Waals surface area contributed by atoms with Gasteiger partial charge < -0.3 is 28.5 Å². The Balaban J connectivity index is 0. The molecule has 0 rings (SSSR count). The predicted octanol–water partition coefficient (Wildman–Crippen LogP) is 8.64. The first-order chi connectivity index (χ1) is 16.7. The molecule has 2 heteroatoms. The second-order valence-corrected chi connectivity index (χ2v) is 11.7. The summed E-state index contributed by atoms with van der Waals surface area (Å²) in [4.78, 5) is 0. The number of halogens is 1. The third-order valence-corrected chi connectivity index (χ3v) is 8.19. The van der Waals surface area contributed by atoms with Crippen LogP contribution in [0, 0.1) is 0 Å². The molecule has 0 radical (unpaired) electrons. The zero-order chi connectivity index (χ0) is 25.0. The average molecular weight is 608 g/mol. The van der Waals surface area contributed by atoms with Crippen molar-refractivity contribution in [3.8, 4) is 0 Å². The number of hydrogen-bond donors (Lipinski definition) is 0.